The molecule has 1 fully saturated rings. The highest BCUT2D eigenvalue weighted by molar-refractivity contribution is 7.89. The lowest BCUT2D eigenvalue weighted by atomic mass is 10.2. The zero-order valence-electron chi connectivity index (χ0n) is 14.6. The average Bonchev–Trinajstić information content (AvgIpc) is 3.25. The van der Waals surface area contributed by atoms with Crippen LogP contribution < -0.4 is 5.32 Å². The molecule has 0 unspecified atom stereocenters. The number of unbranched alkanes of at least 4 members (excludes halogenated alkanes) is 1. The van der Waals surface area contributed by atoms with E-state index in [4.69, 9.17) is 0 Å². The smallest absolute Gasteiger partial charge is 0.243 e. The van der Waals surface area contributed by atoms with Crippen molar-refractivity contribution in [3.8, 4) is 0 Å². The lowest BCUT2D eigenvalue weighted by Gasteiger charge is -2.15. The van der Waals surface area contributed by atoms with Crippen LogP contribution >= 0.6 is 0 Å². The predicted octanol–water partition coefficient (Wildman–Crippen LogP) is 2.34. The molecule has 1 aliphatic heterocycles. The Morgan fingerprint density at radius 3 is 2.68 bits per heavy atom. The van der Waals surface area contributed by atoms with Crippen molar-refractivity contribution in [1.29, 1.82) is 0 Å². The van der Waals surface area contributed by atoms with Crippen molar-refractivity contribution >= 4 is 26.8 Å². The van der Waals surface area contributed by atoms with E-state index in [-0.39, 0.29) is 12.5 Å². The van der Waals surface area contributed by atoms with E-state index in [0.717, 1.165) is 36.6 Å². The fourth-order valence-corrected chi connectivity index (χ4v) is 4.72. The van der Waals surface area contributed by atoms with Gasteiger partial charge in [-0.05, 0) is 43.5 Å². The first kappa shape index (κ1) is 17.9. The summed E-state index contributed by atoms with van der Waals surface area (Å²) in [6.07, 6.45) is 5.68. The number of nitrogens with zero attached hydrogens (tertiary/aromatic N) is 2. The first-order chi connectivity index (χ1) is 12.0. The van der Waals surface area contributed by atoms with Crippen LogP contribution in [0.25, 0.3) is 10.9 Å². The van der Waals surface area contributed by atoms with Crippen LogP contribution in [0.15, 0.2) is 35.4 Å². The third-order valence-corrected chi connectivity index (χ3v) is 6.51. The van der Waals surface area contributed by atoms with E-state index in [1.54, 1.807) is 22.5 Å². The van der Waals surface area contributed by atoms with Gasteiger partial charge >= 0.3 is 0 Å². The Hall–Kier alpha value is -1.86. The normalized spacial score (nSPS) is 15.7. The van der Waals surface area contributed by atoms with Crippen molar-refractivity contribution in [3.05, 3.63) is 30.5 Å². The molecule has 136 valence electrons. The number of hydrogen-bond acceptors (Lipinski definition) is 3. The van der Waals surface area contributed by atoms with Gasteiger partial charge in [-0.25, -0.2) is 8.42 Å². The molecule has 6 nitrogen and oxygen atoms in total. The molecule has 1 aromatic carbocycles. The topological polar surface area (TPSA) is 71.4 Å². The summed E-state index contributed by atoms with van der Waals surface area (Å²) in [7, 11) is -3.41. The molecular weight excluding hydrogens is 338 g/mol. The molecule has 2 aromatic rings. The Morgan fingerprint density at radius 2 is 1.96 bits per heavy atom. The maximum Gasteiger partial charge on any atom is 0.243 e. The van der Waals surface area contributed by atoms with Crippen molar-refractivity contribution in [2.45, 2.75) is 44.0 Å². The second-order valence-electron chi connectivity index (χ2n) is 6.48. The molecule has 1 N–H and O–H groups in total. The summed E-state index contributed by atoms with van der Waals surface area (Å²) < 4.78 is 28.7. The summed E-state index contributed by atoms with van der Waals surface area (Å²) >= 11 is 0. The summed E-state index contributed by atoms with van der Waals surface area (Å²) in [6.45, 7) is 4.20. The SMILES string of the molecule is CCCCNC(=O)Cn1ccc2cc(S(=O)(=O)N3CCCC3)ccc21. The standard InChI is InChI=1S/C18H25N3O3S/c1-2-3-9-19-18(22)14-20-12-8-15-13-16(6-7-17(15)20)25(23,24)21-10-4-5-11-21/h6-8,12-13H,2-5,9-11,14H2,1H3,(H,19,22). The molecular formula is C18H25N3O3S. The number of fused-ring (bicyclic) bond motifs is 1. The van der Waals surface area contributed by atoms with Crippen LogP contribution in [0.4, 0.5) is 0 Å². The number of carbonyl (C=O) groups is 1. The highest BCUT2D eigenvalue weighted by Gasteiger charge is 2.27. The van der Waals surface area contributed by atoms with Crippen molar-refractivity contribution in [3.63, 3.8) is 0 Å². The van der Waals surface area contributed by atoms with Gasteiger partial charge in [-0.1, -0.05) is 13.3 Å². The van der Waals surface area contributed by atoms with Gasteiger partial charge in [0.2, 0.25) is 15.9 Å². The van der Waals surface area contributed by atoms with E-state index in [1.165, 1.54) is 0 Å². The molecule has 0 spiro atoms. The number of amides is 1. The summed E-state index contributed by atoms with van der Waals surface area (Å²) in [5, 5.41) is 3.73. The summed E-state index contributed by atoms with van der Waals surface area (Å²) in [6, 6.07) is 6.99. The zero-order valence-corrected chi connectivity index (χ0v) is 15.4. The number of aromatic nitrogens is 1. The van der Waals surface area contributed by atoms with E-state index in [9.17, 15) is 13.2 Å². The first-order valence-electron chi connectivity index (χ1n) is 8.88. The van der Waals surface area contributed by atoms with E-state index in [2.05, 4.69) is 12.2 Å². The number of rotatable bonds is 7. The molecule has 0 saturated carbocycles. The molecule has 1 aliphatic rings. The lowest BCUT2D eigenvalue weighted by Crippen LogP contribution is -2.28. The number of nitrogens with one attached hydrogen (secondary N) is 1. The van der Waals surface area contributed by atoms with Gasteiger partial charge in [-0.15, -0.1) is 0 Å². The summed E-state index contributed by atoms with van der Waals surface area (Å²) in [5.41, 5.74) is 0.867. The van der Waals surface area contributed by atoms with Gasteiger partial charge in [0.25, 0.3) is 0 Å². The maximum atomic E-state index is 12.7. The molecule has 0 aliphatic carbocycles. The fourth-order valence-electron chi connectivity index (χ4n) is 3.17. The molecule has 1 saturated heterocycles. The minimum absolute atomic E-state index is 0.0280. The van der Waals surface area contributed by atoms with Crippen molar-refractivity contribution in [2.24, 2.45) is 0 Å². The van der Waals surface area contributed by atoms with Crippen LogP contribution in [0, 0.1) is 0 Å². The van der Waals surface area contributed by atoms with Crippen LogP contribution in [0.5, 0.6) is 0 Å². The molecule has 3 rings (SSSR count). The largest absolute Gasteiger partial charge is 0.355 e. The van der Waals surface area contributed by atoms with Crippen LogP contribution in [0.3, 0.4) is 0 Å². The molecule has 7 heteroatoms. The fraction of sp³-hybridized carbons (Fsp3) is 0.500. The quantitative estimate of drug-likeness (QED) is 0.768. The van der Waals surface area contributed by atoms with Crippen molar-refractivity contribution in [2.75, 3.05) is 19.6 Å². The second-order valence-corrected chi connectivity index (χ2v) is 8.42. The Bertz CT molecular complexity index is 852. The summed E-state index contributed by atoms with van der Waals surface area (Å²) in [5.74, 6) is -0.0280. The Balaban J connectivity index is 1.78. The molecule has 0 atom stereocenters. The number of carbonyl (C=O) groups excluding carboxylic acids is 1. The number of benzene rings is 1. The minimum atomic E-state index is -3.41. The van der Waals surface area contributed by atoms with Gasteiger partial charge in [-0.3, -0.25) is 4.79 Å². The predicted molar refractivity (Wildman–Crippen MR) is 97.8 cm³/mol. The molecule has 0 radical (unpaired) electrons. The molecule has 1 amide bonds. The maximum absolute atomic E-state index is 12.7. The van der Waals surface area contributed by atoms with Gasteiger partial charge in [0.05, 0.1) is 4.90 Å². The van der Waals surface area contributed by atoms with Crippen molar-refractivity contribution < 1.29 is 13.2 Å². The Labute approximate surface area is 148 Å². The van der Waals surface area contributed by atoms with Crippen LogP contribution in [0.1, 0.15) is 32.6 Å². The first-order valence-corrected chi connectivity index (χ1v) is 10.3. The Kier molecular flexibility index (Phi) is 5.44. The number of sulfonamides is 1. The highest BCUT2D eigenvalue weighted by atomic mass is 32.2. The van der Waals surface area contributed by atoms with Crippen LogP contribution in [-0.2, 0) is 21.4 Å². The lowest BCUT2D eigenvalue weighted by molar-refractivity contribution is -0.121. The minimum Gasteiger partial charge on any atom is -0.355 e. The van der Waals surface area contributed by atoms with E-state index < -0.39 is 10.0 Å². The third-order valence-electron chi connectivity index (χ3n) is 4.61. The van der Waals surface area contributed by atoms with E-state index >= 15 is 0 Å². The van der Waals surface area contributed by atoms with Gasteiger partial charge < -0.3 is 9.88 Å². The average molecular weight is 363 g/mol. The highest BCUT2D eigenvalue weighted by Crippen LogP contribution is 2.25. The van der Waals surface area contributed by atoms with E-state index in [0.29, 0.717) is 24.5 Å². The van der Waals surface area contributed by atoms with Gasteiger partial charge in [-0.2, -0.15) is 4.31 Å². The molecule has 1 aromatic heterocycles. The van der Waals surface area contributed by atoms with Gasteiger partial charge in [0.1, 0.15) is 6.54 Å². The second kappa shape index (κ2) is 7.58. The third kappa shape index (κ3) is 3.88. The summed E-state index contributed by atoms with van der Waals surface area (Å²) in [4.78, 5) is 12.3. The van der Waals surface area contributed by atoms with Crippen LogP contribution in [-0.4, -0.2) is 42.8 Å². The van der Waals surface area contributed by atoms with Crippen molar-refractivity contribution in [1.82, 2.24) is 14.2 Å². The molecule has 25 heavy (non-hydrogen) atoms. The molecule has 2 heterocycles. The van der Waals surface area contributed by atoms with Gasteiger partial charge in [0.15, 0.2) is 0 Å². The Morgan fingerprint density at radius 1 is 1.20 bits per heavy atom. The number of hydrogen-bond donors (Lipinski definition) is 1. The van der Waals surface area contributed by atoms with Crippen LogP contribution in [0.2, 0.25) is 0 Å². The molecule has 0 bridgehead atoms. The van der Waals surface area contributed by atoms with E-state index in [1.807, 2.05) is 16.8 Å². The van der Waals surface area contributed by atoms with Gasteiger partial charge in [0, 0.05) is 36.7 Å². The zero-order chi connectivity index (χ0) is 17.9. The monoisotopic (exact) mass is 363 g/mol.